The standard InChI is InChI=1S/C10H17N3S/c1-7(2)13-10(11)8-3-5-14-6-4-9(8)12-13/h7H,3-6,11H2,1-2H3. The number of aryl methyl sites for hydroxylation is 1. The van der Waals surface area contributed by atoms with E-state index in [1.54, 1.807) is 0 Å². The largest absolute Gasteiger partial charge is 0.384 e. The average Bonchev–Trinajstić information content (AvgIpc) is 2.37. The van der Waals surface area contributed by atoms with Crippen molar-refractivity contribution >= 4 is 17.6 Å². The summed E-state index contributed by atoms with van der Waals surface area (Å²) < 4.78 is 1.96. The molecule has 1 aromatic rings. The van der Waals surface area contributed by atoms with Gasteiger partial charge >= 0.3 is 0 Å². The van der Waals surface area contributed by atoms with Crippen molar-refractivity contribution in [3.63, 3.8) is 0 Å². The summed E-state index contributed by atoms with van der Waals surface area (Å²) in [5, 5.41) is 4.59. The van der Waals surface area contributed by atoms with E-state index in [1.165, 1.54) is 22.8 Å². The van der Waals surface area contributed by atoms with Gasteiger partial charge in [-0.2, -0.15) is 16.9 Å². The van der Waals surface area contributed by atoms with Crippen molar-refractivity contribution in [2.24, 2.45) is 0 Å². The molecular formula is C10H17N3S. The Balaban J connectivity index is 2.40. The van der Waals surface area contributed by atoms with E-state index in [2.05, 4.69) is 18.9 Å². The summed E-state index contributed by atoms with van der Waals surface area (Å²) >= 11 is 2.00. The number of thioether (sulfide) groups is 1. The van der Waals surface area contributed by atoms with E-state index >= 15 is 0 Å². The second-order valence-electron chi connectivity index (χ2n) is 3.96. The molecule has 1 aromatic heterocycles. The van der Waals surface area contributed by atoms with Crippen LogP contribution in [0.15, 0.2) is 0 Å². The van der Waals surface area contributed by atoms with Gasteiger partial charge in [-0.3, -0.25) is 0 Å². The lowest BCUT2D eigenvalue weighted by atomic mass is 10.1. The van der Waals surface area contributed by atoms with Crippen molar-refractivity contribution in [3.05, 3.63) is 11.3 Å². The van der Waals surface area contributed by atoms with Crippen LogP contribution in [0, 0.1) is 0 Å². The van der Waals surface area contributed by atoms with Crippen molar-refractivity contribution in [3.8, 4) is 0 Å². The van der Waals surface area contributed by atoms with Gasteiger partial charge in [0.2, 0.25) is 0 Å². The van der Waals surface area contributed by atoms with E-state index in [0.29, 0.717) is 6.04 Å². The fraction of sp³-hybridized carbons (Fsp3) is 0.700. The molecule has 0 fully saturated rings. The van der Waals surface area contributed by atoms with Crippen LogP contribution >= 0.6 is 11.8 Å². The van der Waals surface area contributed by atoms with E-state index in [0.717, 1.165) is 18.7 Å². The van der Waals surface area contributed by atoms with E-state index < -0.39 is 0 Å². The van der Waals surface area contributed by atoms with Crippen LogP contribution in [0.5, 0.6) is 0 Å². The number of hydrogen-bond acceptors (Lipinski definition) is 3. The number of nitrogens with two attached hydrogens (primary N) is 1. The van der Waals surface area contributed by atoms with Crippen LogP contribution in [0.25, 0.3) is 0 Å². The Morgan fingerprint density at radius 1 is 1.36 bits per heavy atom. The zero-order chi connectivity index (χ0) is 10.1. The Morgan fingerprint density at radius 2 is 2.07 bits per heavy atom. The first-order chi connectivity index (χ1) is 6.70. The lowest BCUT2D eigenvalue weighted by Crippen LogP contribution is -2.08. The van der Waals surface area contributed by atoms with Gasteiger partial charge in [-0.1, -0.05) is 0 Å². The molecule has 2 rings (SSSR count). The van der Waals surface area contributed by atoms with Crippen LogP contribution in [-0.2, 0) is 12.8 Å². The van der Waals surface area contributed by atoms with Gasteiger partial charge in [0.1, 0.15) is 5.82 Å². The maximum absolute atomic E-state index is 6.09. The van der Waals surface area contributed by atoms with Crippen LogP contribution in [0.4, 0.5) is 5.82 Å². The molecule has 0 radical (unpaired) electrons. The van der Waals surface area contributed by atoms with Gasteiger partial charge in [0.05, 0.1) is 5.69 Å². The Kier molecular flexibility index (Phi) is 2.72. The van der Waals surface area contributed by atoms with Crippen molar-refractivity contribution in [1.29, 1.82) is 0 Å². The summed E-state index contributed by atoms with van der Waals surface area (Å²) in [5.41, 5.74) is 8.60. The number of aromatic nitrogens is 2. The number of fused-ring (bicyclic) bond motifs is 1. The minimum absolute atomic E-state index is 0.370. The maximum atomic E-state index is 6.09. The van der Waals surface area contributed by atoms with E-state index in [-0.39, 0.29) is 0 Å². The summed E-state index contributed by atoms with van der Waals surface area (Å²) in [4.78, 5) is 0. The summed E-state index contributed by atoms with van der Waals surface area (Å²) in [6.07, 6.45) is 2.16. The van der Waals surface area contributed by atoms with Crippen molar-refractivity contribution in [2.75, 3.05) is 17.2 Å². The second kappa shape index (κ2) is 3.85. The first kappa shape index (κ1) is 9.90. The minimum Gasteiger partial charge on any atom is -0.384 e. The zero-order valence-corrected chi connectivity index (χ0v) is 9.60. The first-order valence-corrected chi connectivity index (χ1v) is 6.29. The third kappa shape index (κ3) is 1.63. The zero-order valence-electron chi connectivity index (χ0n) is 8.79. The van der Waals surface area contributed by atoms with Gasteiger partial charge in [0, 0.05) is 18.0 Å². The molecule has 0 unspecified atom stereocenters. The van der Waals surface area contributed by atoms with Crippen LogP contribution in [0.3, 0.4) is 0 Å². The van der Waals surface area contributed by atoms with Crippen molar-refractivity contribution in [1.82, 2.24) is 9.78 Å². The summed E-state index contributed by atoms with van der Waals surface area (Å²) in [7, 11) is 0. The molecule has 0 aromatic carbocycles. The van der Waals surface area contributed by atoms with E-state index in [1.807, 2.05) is 16.4 Å². The van der Waals surface area contributed by atoms with Gasteiger partial charge in [-0.05, 0) is 31.8 Å². The molecule has 0 aliphatic carbocycles. The predicted molar refractivity (Wildman–Crippen MR) is 61.8 cm³/mol. The molecule has 1 aliphatic rings. The second-order valence-corrected chi connectivity index (χ2v) is 5.19. The summed E-state index contributed by atoms with van der Waals surface area (Å²) in [6, 6.07) is 0.370. The van der Waals surface area contributed by atoms with Gasteiger partial charge in [-0.25, -0.2) is 4.68 Å². The number of nitrogens with zero attached hydrogens (tertiary/aromatic N) is 2. The molecule has 0 spiro atoms. The molecule has 78 valence electrons. The third-order valence-corrected chi connectivity index (χ3v) is 3.59. The Hall–Kier alpha value is -0.640. The Bertz CT molecular complexity index is 330. The van der Waals surface area contributed by atoms with E-state index in [4.69, 9.17) is 5.73 Å². The van der Waals surface area contributed by atoms with Gasteiger partial charge < -0.3 is 5.73 Å². The Labute approximate surface area is 89.1 Å². The molecule has 1 aliphatic heterocycles. The number of rotatable bonds is 1. The molecule has 14 heavy (non-hydrogen) atoms. The molecule has 0 saturated carbocycles. The fourth-order valence-electron chi connectivity index (χ4n) is 1.84. The molecule has 0 bridgehead atoms. The molecule has 0 atom stereocenters. The van der Waals surface area contributed by atoms with E-state index in [9.17, 15) is 0 Å². The highest BCUT2D eigenvalue weighted by Gasteiger charge is 2.18. The predicted octanol–water partition coefficient (Wildman–Crippen LogP) is 1.88. The summed E-state index contributed by atoms with van der Waals surface area (Å²) in [6.45, 7) is 4.24. The van der Waals surface area contributed by atoms with Crippen molar-refractivity contribution < 1.29 is 0 Å². The monoisotopic (exact) mass is 211 g/mol. The third-order valence-electron chi connectivity index (χ3n) is 2.60. The quantitative estimate of drug-likeness (QED) is 0.771. The molecule has 3 nitrogen and oxygen atoms in total. The molecule has 2 heterocycles. The smallest absolute Gasteiger partial charge is 0.125 e. The molecular weight excluding hydrogens is 194 g/mol. The molecule has 0 amide bonds. The molecule has 0 saturated heterocycles. The highest BCUT2D eigenvalue weighted by Crippen LogP contribution is 2.26. The van der Waals surface area contributed by atoms with Crippen LogP contribution in [0.2, 0.25) is 0 Å². The fourth-order valence-corrected chi connectivity index (χ4v) is 2.73. The van der Waals surface area contributed by atoms with Crippen LogP contribution in [-0.4, -0.2) is 21.3 Å². The number of anilines is 1. The van der Waals surface area contributed by atoms with Gasteiger partial charge in [-0.15, -0.1) is 0 Å². The normalized spacial score (nSPS) is 16.8. The topological polar surface area (TPSA) is 43.8 Å². The minimum atomic E-state index is 0.370. The lowest BCUT2D eigenvalue weighted by molar-refractivity contribution is 0.535. The maximum Gasteiger partial charge on any atom is 0.125 e. The van der Waals surface area contributed by atoms with Crippen LogP contribution in [0.1, 0.15) is 31.1 Å². The van der Waals surface area contributed by atoms with Gasteiger partial charge in [0.25, 0.3) is 0 Å². The highest BCUT2D eigenvalue weighted by molar-refractivity contribution is 7.99. The Morgan fingerprint density at radius 3 is 2.79 bits per heavy atom. The molecule has 4 heteroatoms. The number of hydrogen-bond donors (Lipinski definition) is 1. The number of nitrogen functional groups attached to an aromatic ring is 1. The summed E-state index contributed by atoms with van der Waals surface area (Å²) in [5.74, 6) is 3.25. The van der Waals surface area contributed by atoms with Gasteiger partial charge in [0.15, 0.2) is 0 Å². The SMILES string of the molecule is CC(C)n1nc2c(c1N)CCSCC2. The highest BCUT2D eigenvalue weighted by atomic mass is 32.2. The molecule has 2 N–H and O–H groups in total. The first-order valence-electron chi connectivity index (χ1n) is 5.13. The van der Waals surface area contributed by atoms with Crippen molar-refractivity contribution in [2.45, 2.75) is 32.7 Å². The average molecular weight is 211 g/mol. The lowest BCUT2D eigenvalue weighted by Gasteiger charge is -2.08. The van der Waals surface area contributed by atoms with Crippen LogP contribution < -0.4 is 5.73 Å².